The number of fused-ring (bicyclic) bond motifs is 1. The summed E-state index contributed by atoms with van der Waals surface area (Å²) < 4.78 is 11.0. The topological polar surface area (TPSA) is 88.7 Å². The monoisotopic (exact) mass is 412 g/mol. The summed E-state index contributed by atoms with van der Waals surface area (Å²) in [5.74, 6) is -1.37. The van der Waals surface area contributed by atoms with Gasteiger partial charge in [-0.25, -0.2) is 0 Å². The lowest BCUT2D eigenvalue weighted by atomic mass is 9.65. The van der Waals surface area contributed by atoms with Crippen LogP contribution < -0.4 is 0 Å². The zero-order chi connectivity index (χ0) is 21.5. The van der Waals surface area contributed by atoms with Gasteiger partial charge >= 0.3 is 5.97 Å². The summed E-state index contributed by atoms with van der Waals surface area (Å²) in [6, 6.07) is 7.97. The fourth-order valence-electron chi connectivity index (χ4n) is 5.03. The highest BCUT2D eigenvalue weighted by Gasteiger charge is 2.62. The first-order valence-electron chi connectivity index (χ1n) is 10.6. The second-order valence-electron chi connectivity index (χ2n) is 8.46. The number of amides is 2. The van der Waals surface area contributed by atoms with Gasteiger partial charge in [-0.2, -0.15) is 0 Å². The van der Waals surface area contributed by atoms with Crippen molar-refractivity contribution in [1.82, 2.24) is 9.88 Å². The molecule has 0 bridgehead atoms. The molecule has 30 heavy (non-hydrogen) atoms. The Hall–Kier alpha value is -2.67. The highest BCUT2D eigenvalue weighted by molar-refractivity contribution is 6.06. The quantitative estimate of drug-likeness (QED) is 0.558. The Morgan fingerprint density at radius 1 is 1.27 bits per heavy atom. The third-order valence-electron chi connectivity index (χ3n) is 6.65. The summed E-state index contributed by atoms with van der Waals surface area (Å²) in [5, 5.41) is 1.10. The summed E-state index contributed by atoms with van der Waals surface area (Å²) in [7, 11) is 0. The highest BCUT2D eigenvalue weighted by Crippen LogP contribution is 2.51. The molecule has 160 valence electrons. The van der Waals surface area contributed by atoms with Gasteiger partial charge in [0.15, 0.2) is 0 Å². The van der Waals surface area contributed by atoms with Crippen LogP contribution in [0.5, 0.6) is 0 Å². The molecule has 2 amide bonds. The van der Waals surface area contributed by atoms with Gasteiger partial charge in [0.25, 0.3) is 0 Å². The summed E-state index contributed by atoms with van der Waals surface area (Å²) in [4.78, 5) is 43.2. The number of hydrogen-bond acceptors (Lipinski definition) is 5. The molecule has 2 saturated heterocycles. The molecule has 2 fully saturated rings. The third kappa shape index (κ3) is 3.21. The number of para-hydroxylation sites is 1. The van der Waals surface area contributed by atoms with Crippen LogP contribution >= 0.6 is 0 Å². The summed E-state index contributed by atoms with van der Waals surface area (Å²) in [6.45, 7) is 6.37. The lowest BCUT2D eigenvalue weighted by Gasteiger charge is -2.37. The molecule has 1 aromatic carbocycles. The van der Waals surface area contributed by atoms with Crippen molar-refractivity contribution >= 4 is 28.7 Å². The summed E-state index contributed by atoms with van der Waals surface area (Å²) in [6.07, 6.45) is 1.90. The number of carbonyl (C=O) groups is 3. The minimum absolute atomic E-state index is 0.0856. The molecule has 0 radical (unpaired) electrons. The van der Waals surface area contributed by atoms with Crippen LogP contribution in [-0.2, 0) is 30.3 Å². The van der Waals surface area contributed by atoms with Crippen LogP contribution in [0.2, 0.25) is 0 Å². The molecule has 0 spiro atoms. The van der Waals surface area contributed by atoms with Crippen LogP contribution in [-0.4, -0.2) is 47.1 Å². The molecule has 3 atom stereocenters. The van der Waals surface area contributed by atoms with E-state index in [0.29, 0.717) is 19.6 Å². The molecule has 1 N–H and O–H groups in total. The number of H-pyrrole nitrogens is 1. The number of nitrogens with one attached hydrogen (secondary N) is 1. The van der Waals surface area contributed by atoms with Crippen molar-refractivity contribution in [3.63, 3.8) is 0 Å². The average molecular weight is 412 g/mol. The van der Waals surface area contributed by atoms with Crippen LogP contribution in [0.15, 0.2) is 30.5 Å². The molecular weight excluding hydrogens is 384 g/mol. The fourth-order valence-corrected chi connectivity index (χ4v) is 5.03. The minimum Gasteiger partial charge on any atom is -0.435 e. The van der Waals surface area contributed by atoms with E-state index < -0.39 is 17.6 Å². The fraction of sp³-hybridized carbons (Fsp3) is 0.522. The molecule has 2 aliphatic rings. The van der Waals surface area contributed by atoms with Gasteiger partial charge in [-0.3, -0.25) is 19.3 Å². The Kier molecular flexibility index (Phi) is 5.40. The number of benzene rings is 1. The average Bonchev–Trinajstić information content (AvgIpc) is 3.36. The van der Waals surface area contributed by atoms with Crippen LogP contribution in [0.3, 0.4) is 0 Å². The van der Waals surface area contributed by atoms with E-state index in [-0.39, 0.29) is 36.5 Å². The number of esters is 1. The van der Waals surface area contributed by atoms with E-state index >= 15 is 0 Å². The molecule has 0 aliphatic carbocycles. The van der Waals surface area contributed by atoms with E-state index in [1.807, 2.05) is 51.2 Å². The Bertz CT molecular complexity index is 981. The molecule has 7 nitrogen and oxygen atoms in total. The maximum atomic E-state index is 13.6. The van der Waals surface area contributed by atoms with Crippen molar-refractivity contribution in [3.8, 4) is 0 Å². The molecule has 0 saturated carbocycles. The largest absolute Gasteiger partial charge is 0.435 e. The van der Waals surface area contributed by atoms with E-state index in [4.69, 9.17) is 9.47 Å². The number of aromatic nitrogens is 1. The number of rotatable bonds is 7. The number of cyclic esters (lactones) is 1. The second kappa shape index (κ2) is 7.87. The van der Waals surface area contributed by atoms with Crippen LogP contribution in [0.4, 0.5) is 0 Å². The van der Waals surface area contributed by atoms with Crippen LogP contribution in [0.25, 0.3) is 10.9 Å². The zero-order valence-corrected chi connectivity index (χ0v) is 17.6. The van der Waals surface area contributed by atoms with Crippen molar-refractivity contribution in [1.29, 1.82) is 0 Å². The molecule has 7 heteroatoms. The number of imide groups is 1. The number of nitrogens with zero attached hydrogens (tertiary/aromatic N) is 1. The van der Waals surface area contributed by atoms with Crippen LogP contribution in [0, 0.1) is 17.3 Å². The number of ether oxygens (including phenoxy) is 2. The smallest absolute Gasteiger partial charge is 0.308 e. The number of carbonyl (C=O) groups excluding carboxylic acids is 3. The first-order chi connectivity index (χ1) is 14.4. The standard InChI is InChI=1S/C23H28N2O5/c1-4-29-21-17(11-20(27)30-21)23(14(2)3)12-19(26)25(22(23)28)10-9-15-13-24-18-8-6-5-7-16(15)18/h5-8,13-14,17,21,24H,4,9-12H2,1-3H3. The van der Waals surface area contributed by atoms with Gasteiger partial charge in [0, 0.05) is 42.6 Å². The Labute approximate surface area is 175 Å². The van der Waals surface area contributed by atoms with E-state index in [0.717, 1.165) is 16.5 Å². The molecule has 2 aromatic rings. The van der Waals surface area contributed by atoms with Gasteiger partial charge in [-0.05, 0) is 30.9 Å². The lowest BCUT2D eigenvalue weighted by Crippen LogP contribution is -2.47. The molecule has 3 heterocycles. The molecule has 1 aromatic heterocycles. The van der Waals surface area contributed by atoms with E-state index in [2.05, 4.69) is 4.98 Å². The Morgan fingerprint density at radius 3 is 2.77 bits per heavy atom. The minimum atomic E-state index is -0.983. The maximum Gasteiger partial charge on any atom is 0.308 e. The normalized spacial score (nSPS) is 26.9. The predicted octanol–water partition coefficient (Wildman–Crippen LogP) is 3.04. The SMILES string of the molecule is CCOC1OC(=O)CC1C1(C(C)C)CC(=O)N(CCc2c[nH]c3ccccc23)C1=O. The Balaban J connectivity index is 1.58. The highest BCUT2D eigenvalue weighted by atomic mass is 16.7. The number of hydrogen-bond donors (Lipinski definition) is 1. The maximum absolute atomic E-state index is 13.6. The van der Waals surface area contributed by atoms with Crippen LogP contribution in [0.1, 0.15) is 39.2 Å². The Morgan fingerprint density at radius 2 is 2.03 bits per heavy atom. The molecular formula is C23H28N2O5. The van der Waals surface area contributed by atoms with Gasteiger partial charge in [-0.1, -0.05) is 32.0 Å². The third-order valence-corrected chi connectivity index (χ3v) is 6.65. The first-order valence-corrected chi connectivity index (χ1v) is 10.6. The molecule has 2 aliphatic heterocycles. The number of aromatic amines is 1. The van der Waals surface area contributed by atoms with Crippen molar-refractivity contribution in [2.75, 3.05) is 13.2 Å². The summed E-state index contributed by atoms with van der Waals surface area (Å²) in [5.41, 5.74) is 1.12. The van der Waals surface area contributed by atoms with Gasteiger partial charge in [-0.15, -0.1) is 0 Å². The van der Waals surface area contributed by atoms with Crippen molar-refractivity contribution < 1.29 is 23.9 Å². The van der Waals surface area contributed by atoms with E-state index in [9.17, 15) is 14.4 Å². The van der Waals surface area contributed by atoms with E-state index in [1.54, 1.807) is 0 Å². The second-order valence-corrected chi connectivity index (χ2v) is 8.46. The molecule has 4 rings (SSSR count). The number of likely N-dealkylation sites (tertiary alicyclic amines) is 1. The van der Waals surface area contributed by atoms with Crippen molar-refractivity contribution in [2.45, 2.75) is 46.3 Å². The van der Waals surface area contributed by atoms with Gasteiger partial charge in [0.05, 0.1) is 11.8 Å². The predicted molar refractivity (Wildman–Crippen MR) is 110 cm³/mol. The molecule has 3 unspecified atom stereocenters. The van der Waals surface area contributed by atoms with Gasteiger partial charge in [0.1, 0.15) is 0 Å². The van der Waals surface area contributed by atoms with Gasteiger partial charge in [0.2, 0.25) is 18.1 Å². The van der Waals surface area contributed by atoms with Crippen molar-refractivity contribution in [3.05, 3.63) is 36.0 Å². The van der Waals surface area contributed by atoms with E-state index in [1.165, 1.54) is 4.90 Å². The van der Waals surface area contributed by atoms with Crippen molar-refractivity contribution in [2.24, 2.45) is 17.3 Å². The lowest BCUT2D eigenvalue weighted by molar-refractivity contribution is -0.178. The van der Waals surface area contributed by atoms with Gasteiger partial charge < -0.3 is 14.5 Å². The zero-order valence-electron chi connectivity index (χ0n) is 17.6. The first kappa shape index (κ1) is 20.6. The summed E-state index contributed by atoms with van der Waals surface area (Å²) >= 11 is 0.